The predicted octanol–water partition coefficient (Wildman–Crippen LogP) is 2.34. The van der Waals surface area contributed by atoms with Crippen LogP contribution in [0, 0.1) is 0 Å². The summed E-state index contributed by atoms with van der Waals surface area (Å²) in [5.74, 6) is 0. The number of aryl methyl sites for hydroxylation is 1. The Morgan fingerprint density at radius 2 is 1.81 bits per heavy atom. The smallest absolute Gasteiger partial charge is 0.0967 e. The van der Waals surface area contributed by atoms with Crippen LogP contribution in [0.4, 0.5) is 0 Å². The van der Waals surface area contributed by atoms with E-state index in [1.165, 1.54) is 25.7 Å². The molecule has 0 amide bonds. The Hall–Kier alpha value is -0.940. The van der Waals surface area contributed by atoms with E-state index in [1.807, 2.05) is 13.2 Å². The summed E-state index contributed by atoms with van der Waals surface area (Å²) >= 11 is 0. The lowest BCUT2D eigenvalue weighted by atomic mass is 9.80. The number of piperazine rings is 1. The second-order valence-electron chi connectivity index (χ2n) is 6.51. The Morgan fingerprint density at radius 3 is 2.29 bits per heavy atom. The molecule has 2 heterocycles. The zero-order valence-electron chi connectivity index (χ0n) is 14.3. The maximum Gasteiger partial charge on any atom is 0.0967 e. The van der Waals surface area contributed by atoms with Crippen molar-refractivity contribution >= 4 is 0 Å². The molecule has 1 saturated heterocycles. The average molecular weight is 293 g/mol. The fourth-order valence-corrected chi connectivity index (χ4v) is 3.61. The molecule has 1 fully saturated rings. The van der Waals surface area contributed by atoms with E-state index in [0.29, 0.717) is 0 Å². The van der Waals surface area contributed by atoms with Crippen molar-refractivity contribution in [1.29, 1.82) is 0 Å². The first-order valence-corrected chi connectivity index (χ1v) is 8.38. The molecule has 21 heavy (non-hydrogen) atoms. The molecule has 0 bridgehead atoms. The average Bonchev–Trinajstić information content (AvgIpc) is 2.92. The first-order valence-electron chi connectivity index (χ1n) is 8.38. The zero-order chi connectivity index (χ0) is 15.5. The van der Waals surface area contributed by atoms with Crippen LogP contribution in [-0.4, -0.2) is 44.1 Å². The molecule has 0 aromatic carbocycles. The Bertz CT molecular complexity index is 445. The molecule has 0 saturated carbocycles. The second-order valence-corrected chi connectivity index (χ2v) is 6.51. The highest BCUT2D eigenvalue weighted by molar-refractivity contribution is 5.06. The van der Waals surface area contributed by atoms with Gasteiger partial charge in [0.25, 0.3) is 0 Å². The largest absolute Gasteiger partial charge is 0.308 e. The van der Waals surface area contributed by atoms with Gasteiger partial charge in [-0.1, -0.05) is 32.9 Å². The van der Waals surface area contributed by atoms with E-state index in [4.69, 9.17) is 0 Å². The quantitative estimate of drug-likeness (QED) is 0.874. The molecule has 2 rings (SSSR count). The van der Waals surface area contributed by atoms with Crippen molar-refractivity contribution in [3.05, 3.63) is 11.9 Å². The van der Waals surface area contributed by atoms with E-state index < -0.39 is 0 Å². The molecule has 5 heteroatoms. The van der Waals surface area contributed by atoms with Gasteiger partial charge in [0.2, 0.25) is 0 Å². The van der Waals surface area contributed by atoms with Crippen LogP contribution >= 0.6 is 0 Å². The van der Waals surface area contributed by atoms with E-state index in [-0.39, 0.29) is 11.1 Å². The van der Waals surface area contributed by atoms with Crippen molar-refractivity contribution in [2.24, 2.45) is 7.05 Å². The van der Waals surface area contributed by atoms with Crippen LogP contribution in [0.25, 0.3) is 0 Å². The van der Waals surface area contributed by atoms with Gasteiger partial charge in [-0.25, -0.2) is 0 Å². The fourth-order valence-electron chi connectivity index (χ4n) is 3.61. The number of hydrogen-bond donors (Lipinski definition) is 1. The van der Waals surface area contributed by atoms with Gasteiger partial charge in [0.1, 0.15) is 0 Å². The lowest BCUT2D eigenvalue weighted by Gasteiger charge is -2.54. The molecule has 1 aromatic heterocycles. The molecule has 0 spiro atoms. The van der Waals surface area contributed by atoms with Crippen LogP contribution in [0.3, 0.4) is 0 Å². The van der Waals surface area contributed by atoms with E-state index in [2.05, 4.69) is 48.2 Å². The Labute approximate surface area is 129 Å². The van der Waals surface area contributed by atoms with Gasteiger partial charge in [0, 0.05) is 44.0 Å². The Balaban J connectivity index is 2.24. The topological polar surface area (TPSA) is 46.0 Å². The van der Waals surface area contributed by atoms with Crippen molar-refractivity contribution in [1.82, 2.24) is 25.2 Å². The predicted molar refractivity (Wildman–Crippen MR) is 86.0 cm³/mol. The normalized spacial score (nSPS) is 21.6. The molecule has 0 unspecified atom stereocenters. The second kappa shape index (κ2) is 6.44. The third-order valence-electron chi connectivity index (χ3n) is 5.63. The number of rotatable bonds is 6. The third kappa shape index (κ3) is 3.14. The number of nitrogens with one attached hydrogen (secondary N) is 1. The van der Waals surface area contributed by atoms with Crippen LogP contribution in [-0.2, 0) is 13.6 Å². The van der Waals surface area contributed by atoms with Gasteiger partial charge in [-0.3, -0.25) is 9.58 Å². The minimum absolute atomic E-state index is 0.241. The molecular weight excluding hydrogens is 262 g/mol. The van der Waals surface area contributed by atoms with E-state index in [0.717, 1.165) is 25.3 Å². The first-order chi connectivity index (χ1) is 10.0. The van der Waals surface area contributed by atoms with Gasteiger partial charge in [-0.2, -0.15) is 0 Å². The molecule has 1 N–H and O–H groups in total. The maximum absolute atomic E-state index is 4.29. The minimum atomic E-state index is 0.241. The van der Waals surface area contributed by atoms with Crippen LogP contribution in [0.15, 0.2) is 6.20 Å². The van der Waals surface area contributed by atoms with E-state index in [9.17, 15) is 0 Å². The van der Waals surface area contributed by atoms with Crippen molar-refractivity contribution in [3.8, 4) is 0 Å². The SMILES string of the molecule is CCC1(CC)CN(Cc2cn(C)nn2)C(CC)(CC)CN1. The highest BCUT2D eigenvalue weighted by Crippen LogP contribution is 2.33. The highest BCUT2D eigenvalue weighted by atomic mass is 15.4. The molecular formula is C16H31N5. The molecule has 0 aliphatic carbocycles. The van der Waals surface area contributed by atoms with Crippen molar-refractivity contribution in [2.45, 2.75) is 71.0 Å². The van der Waals surface area contributed by atoms with Crippen LogP contribution in [0.1, 0.15) is 59.1 Å². The molecule has 1 aliphatic heterocycles. The summed E-state index contributed by atoms with van der Waals surface area (Å²) < 4.78 is 1.80. The summed E-state index contributed by atoms with van der Waals surface area (Å²) in [5, 5.41) is 12.2. The summed E-state index contributed by atoms with van der Waals surface area (Å²) in [6.07, 6.45) is 6.71. The highest BCUT2D eigenvalue weighted by Gasteiger charge is 2.44. The van der Waals surface area contributed by atoms with Gasteiger partial charge in [0.15, 0.2) is 0 Å². The minimum Gasteiger partial charge on any atom is -0.308 e. The fraction of sp³-hybridized carbons (Fsp3) is 0.875. The van der Waals surface area contributed by atoms with Crippen LogP contribution in [0.5, 0.6) is 0 Å². The number of aromatic nitrogens is 3. The van der Waals surface area contributed by atoms with Gasteiger partial charge < -0.3 is 5.32 Å². The van der Waals surface area contributed by atoms with Gasteiger partial charge in [-0.05, 0) is 25.7 Å². The molecule has 120 valence electrons. The third-order valence-corrected chi connectivity index (χ3v) is 5.63. The maximum atomic E-state index is 4.29. The molecule has 1 aromatic rings. The number of nitrogens with zero attached hydrogens (tertiary/aromatic N) is 4. The molecule has 0 radical (unpaired) electrons. The lowest BCUT2D eigenvalue weighted by molar-refractivity contribution is -0.0118. The summed E-state index contributed by atoms with van der Waals surface area (Å²) in [6, 6.07) is 0. The van der Waals surface area contributed by atoms with Crippen LogP contribution < -0.4 is 5.32 Å². The molecule has 0 atom stereocenters. The summed E-state index contributed by atoms with van der Waals surface area (Å²) in [6.45, 7) is 12.3. The number of hydrogen-bond acceptors (Lipinski definition) is 4. The monoisotopic (exact) mass is 293 g/mol. The molecule has 5 nitrogen and oxygen atoms in total. The summed E-state index contributed by atoms with van der Waals surface area (Å²) in [4.78, 5) is 2.65. The standard InChI is InChI=1S/C16H31N5/c1-6-15(7-2)13-21(11-14-10-20(5)19-18-14)16(8-3,9-4)12-17-15/h10,17H,6-9,11-13H2,1-5H3. The van der Waals surface area contributed by atoms with E-state index >= 15 is 0 Å². The van der Waals surface area contributed by atoms with Gasteiger partial charge in [0.05, 0.1) is 5.69 Å². The van der Waals surface area contributed by atoms with Crippen LogP contribution in [0.2, 0.25) is 0 Å². The van der Waals surface area contributed by atoms with Crippen molar-refractivity contribution in [3.63, 3.8) is 0 Å². The lowest BCUT2D eigenvalue weighted by Crippen LogP contribution is -2.69. The van der Waals surface area contributed by atoms with Gasteiger partial charge >= 0.3 is 0 Å². The van der Waals surface area contributed by atoms with Gasteiger partial charge in [-0.15, -0.1) is 5.10 Å². The first kappa shape index (κ1) is 16.4. The van der Waals surface area contributed by atoms with Crippen molar-refractivity contribution in [2.75, 3.05) is 13.1 Å². The zero-order valence-corrected chi connectivity index (χ0v) is 14.3. The summed E-state index contributed by atoms with van der Waals surface area (Å²) in [7, 11) is 1.93. The summed E-state index contributed by atoms with van der Waals surface area (Å²) in [5.41, 5.74) is 1.56. The van der Waals surface area contributed by atoms with E-state index in [1.54, 1.807) is 4.68 Å². The van der Waals surface area contributed by atoms with Crippen molar-refractivity contribution < 1.29 is 0 Å². The Kier molecular flexibility index (Phi) is 5.04. The Morgan fingerprint density at radius 1 is 1.14 bits per heavy atom. The molecule has 1 aliphatic rings.